The van der Waals surface area contributed by atoms with E-state index in [4.69, 9.17) is 0 Å². The molecule has 4 nitrogen and oxygen atoms in total. The third-order valence-electron chi connectivity index (χ3n) is 2.06. The molecule has 2 N–H and O–H groups in total. The number of hydrogen-bond acceptors (Lipinski definition) is 2. The summed E-state index contributed by atoms with van der Waals surface area (Å²) in [4.78, 5) is 18.1. The monoisotopic (exact) mass is 231 g/mol. The molecule has 0 fully saturated rings. The van der Waals surface area contributed by atoms with E-state index in [-0.39, 0.29) is 5.69 Å². The summed E-state index contributed by atoms with van der Waals surface area (Å²) in [5.41, 5.74) is 0.228. The highest BCUT2D eigenvalue weighted by molar-refractivity contribution is 5.92. The molecule has 0 unspecified atom stereocenters. The summed E-state index contributed by atoms with van der Waals surface area (Å²) in [6, 6.07) is 0. The van der Waals surface area contributed by atoms with Crippen molar-refractivity contribution < 1.29 is 13.6 Å². The second kappa shape index (κ2) is 6.19. The van der Waals surface area contributed by atoms with Crippen LogP contribution in [0.4, 0.5) is 8.78 Å². The second-order valence-electron chi connectivity index (χ2n) is 3.45. The fourth-order valence-corrected chi connectivity index (χ4v) is 1.21. The third-order valence-corrected chi connectivity index (χ3v) is 2.06. The number of aryl methyl sites for hydroxylation is 1. The Balaban J connectivity index is 2.46. The highest BCUT2D eigenvalue weighted by Crippen LogP contribution is 2.02. The molecule has 0 bridgehead atoms. The fourth-order valence-electron chi connectivity index (χ4n) is 1.21. The summed E-state index contributed by atoms with van der Waals surface area (Å²) in [5.74, 6) is 0.166. The molecule has 1 rings (SSSR count). The van der Waals surface area contributed by atoms with Gasteiger partial charge < -0.3 is 10.3 Å². The van der Waals surface area contributed by atoms with Crippen LogP contribution in [0.25, 0.3) is 0 Å². The third kappa shape index (κ3) is 3.96. The Hall–Kier alpha value is -1.46. The SMILES string of the molecule is CCCCc1ncc(C(=O)NCC(F)F)[nH]1. The second-order valence-corrected chi connectivity index (χ2v) is 3.45. The number of unbranched alkanes of at least 4 members (excludes halogenated alkanes) is 1. The number of rotatable bonds is 6. The van der Waals surface area contributed by atoms with Gasteiger partial charge in [-0.2, -0.15) is 0 Å². The van der Waals surface area contributed by atoms with Gasteiger partial charge in [-0.1, -0.05) is 13.3 Å². The topological polar surface area (TPSA) is 57.8 Å². The first-order valence-corrected chi connectivity index (χ1v) is 5.23. The number of aromatic nitrogens is 2. The minimum absolute atomic E-state index is 0.228. The molecular formula is C10H15F2N3O. The number of H-pyrrole nitrogens is 1. The number of nitrogens with zero attached hydrogens (tertiary/aromatic N) is 1. The number of imidazole rings is 1. The molecule has 0 radical (unpaired) electrons. The molecule has 0 aliphatic rings. The first-order chi connectivity index (χ1) is 7.63. The van der Waals surface area contributed by atoms with E-state index in [9.17, 15) is 13.6 Å². The van der Waals surface area contributed by atoms with Gasteiger partial charge in [0.1, 0.15) is 11.5 Å². The molecule has 1 aromatic rings. The number of hydrogen-bond donors (Lipinski definition) is 2. The van der Waals surface area contributed by atoms with Crippen molar-refractivity contribution >= 4 is 5.91 Å². The Bertz CT molecular complexity index is 339. The average molecular weight is 231 g/mol. The molecule has 0 spiro atoms. The summed E-state index contributed by atoms with van der Waals surface area (Å²) >= 11 is 0. The van der Waals surface area contributed by atoms with Crippen LogP contribution < -0.4 is 5.32 Å². The van der Waals surface area contributed by atoms with E-state index in [0.29, 0.717) is 5.82 Å². The average Bonchev–Trinajstić information content (AvgIpc) is 2.71. The van der Waals surface area contributed by atoms with Crippen molar-refractivity contribution in [2.45, 2.75) is 32.6 Å². The highest BCUT2D eigenvalue weighted by atomic mass is 19.3. The molecule has 1 aromatic heterocycles. The summed E-state index contributed by atoms with van der Waals surface area (Å²) < 4.78 is 23.7. The highest BCUT2D eigenvalue weighted by Gasteiger charge is 2.11. The Labute approximate surface area is 92.5 Å². The first kappa shape index (κ1) is 12.6. The van der Waals surface area contributed by atoms with Crippen LogP contribution in [0.1, 0.15) is 36.1 Å². The van der Waals surface area contributed by atoms with Crippen molar-refractivity contribution in [2.75, 3.05) is 6.54 Å². The van der Waals surface area contributed by atoms with Crippen molar-refractivity contribution in [2.24, 2.45) is 0 Å². The molecule has 1 amide bonds. The van der Waals surface area contributed by atoms with E-state index in [1.54, 1.807) is 0 Å². The Morgan fingerprint density at radius 1 is 1.62 bits per heavy atom. The number of halogens is 2. The molecule has 6 heteroatoms. The summed E-state index contributed by atoms with van der Waals surface area (Å²) in [7, 11) is 0. The minimum atomic E-state index is -2.54. The van der Waals surface area contributed by atoms with Gasteiger partial charge in [0.2, 0.25) is 0 Å². The largest absolute Gasteiger partial charge is 0.345 e. The van der Waals surface area contributed by atoms with Crippen molar-refractivity contribution in [1.29, 1.82) is 0 Å². The quantitative estimate of drug-likeness (QED) is 0.783. The van der Waals surface area contributed by atoms with Gasteiger partial charge in [0.25, 0.3) is 12.3 Å². The summed E-state index contributed by atoms with van der Waals surface area (Å²) in [5, 5.41) is 2.11. The maximum absolute atomic E-state index is 11.8. The minimum Gasteiger partial charge on any atom is -0.345 e. The zero-order valence-corrected chi connectivity index (χ0v) is 9.09. The Kier molecular flexibility index (Phi) is 4.88. The fraction of sp³-hybridized carbons (Fsp3) is 0.600. The van der Waals surface area contributed by atoms with Gasteiger partial charge in [-0.25, -0.2) is 13.8 Å². The van der Waals surface area contributed by atoms with E-state index in [1.165, 1.54) is 6.20 Å². The van der Waals surface area contributed by atoms with Crippen molar-refractivity contribution in [3.8, 4) is 0 Å². The van der Waals surface area contributed by atoms with Crippen molar-refractivity contribution in [3.63, 3.8) is 0 Å². The van der Waals surface area contributed by atoms with E-state index in [1.807, 2.05) is 0 Å². The van der Waals surface area contributed by atoms with Crippen LogP contribution >= 0.6 is 0 Å². The van der Waals surface area contributed by atoms with Crippen LogP contribution in [0.15, 0.2) is 6.20 Å². The molecule has 90 valence electrons. The molecule has 1 heterocycles. The number of nitrogens with one attached hydrogen (secondary N) is 2. The van der Waals surface area contributed by atoms with Crippen molar-refractivity contribution in [1.82, 2.24) is 15.3 Å². The van der Waals surface area contributed by atoms with Crippen LogP contribution in [0.2, 0.25) is 0 Å². The Morgan fingerprint density at radius 3 is 3.00 bits per heavy atom. The number of carbonyl (C=O) groups excluding carboxylic acids is 1. The molecule has 0 atom stereocenters. The van der Waals surface area contributed by atoms with E-state index in [0.717, 1.165) is 19.3 Å². The lowest BCUT2D eigenvalue weighted by Gasteiger charge is -2.01. The molecule has 16 heavy (non-hydrogen) atoms. The van der Waals surface area contributed by atoms with E-state index in [2.05, 4.69) is 22.2 Å². The van der Waals surface area contributed by atoms with Gasteiger partial charge in [0.05, 0.1) is 12.7 Å². The maximum Gasteiger partial charge on any atom is 0.269 e. The predicted molar refractivity (Wildman–Crippen MR) is 55.5 cm³/mol. The number of amides is 1. The number of alkyl halides is 2. The van der Waals surface area contributed by atoms with Gasteiger partial charge in [-0.15, -0.1) is 0 Å². The molecule has 0 aromatic carbocycles. The van der Waals surface area contributed by atoms with Gasteiger partial charge in [0.15, 0.2) is 0 Å². The van der Waals surface area contributed by atoms with Crippen LogP contribution in [0.3, 0.4) is 0 Å². The number of carbonyl (C=O) groups is 1. The van der Waals surface area contributed by atoms with Gasteiger partial charge in [-0.3, -0.25) is 4.79 Å². The van der Waals surface area contributed by atoms with E-state index < -0.39 is 18.9 Å². The molecular weight excluding hydrogens is 216 g/mol. The first-order valence-electron chi connectivity index (χ1n) is 5.23. The van der Waals surface area contributed by atoms with Crippen LogP contribution in [-0.4, -0.2) is 28.8 Å². The zero-order chi connectivity index (χ0) is 12.0. The van der Waals surface area contributed by atoms with Crippen LogP contribution in [-0.2, 0) is 6.42 Å². The lowest BCUT2D eigenvalue weighted by molar-refractivity contribution is 0.0887. The zero-order valence-electron chi connectivity index (χ0n) is 9.09. The normalized spacial score (nSPS) is 10.8. The predicted octanol–water partition coefficient (Wildman–Crippen LogP) is 1.75. The Morgan fingerprint density at radius 2 is 2.38 bits per heavy atom. The van der Waals surface area contributed by atoms with Crippen molar-refractivity contribution in [3.05, 3.63) is 17.7 Å². The molecule has 0 saturated heterocycles. The number of aromatic amines is 1. The molecule has 0 saturated carbocycles. The van der Waals surface area contributed by atoms with Gasteiger partial charge in [-0.05, 0) is 6.42 Å². The lowest BCUT2D eigenvalue weighted by atomic mass is 10.2. The molecule has 0 aliphatic carbocycles. The van der Waals surface area contributed by atoms with Gasteiger partial charge >= 0.3 is 0 Å². The molecule has 0 aliphatic heterocycles. The lowest BCUT2D eigenvalue weighted by Crippen LogP contribution is -2.28. The standard InChI is InChI=1S/C10H15F2N3O/c1-2-3-4-9-13-5-7(15-9)10(16)14-6-8(11)12/h5,8H,2-4,6H2,1H3,(H,13,15)(H,14,16). The van der Waals surface area contributed by atoms with Crippen LogP contribution in [0.5, 0.6) is 0 Å². The van der Waals surface area contributed by atoms with Gasteiger partial charge in [0, 0.05) is 6.42 Å². The summed E-state index contributed by atoms with van der Waals surface area (Å²) in [6.07, 6.45) is 1.61. The van der Waals surface area contributed by atoms with Crippen LogP contribution in [0, 0.1) is 0 Å². The summed E-state index contributed by atoms with van der Waals surface area (Å²) in [6.45, 7) is 1.42. The smallest absolute Gasteiger partial charge is 0.269 e. The van der Waals surface area contributed by atoms with E-state index >= 15 is 0 Å². The maximum atomic E-state index is 11.8.